The number of aliphatic hydroxyl groups is 1. The monoisotopic (exact) mass is 400 g/mol. The summed E-state index contributed by atoms with van der Waals surface area (Å²) in [6.07, 6.45) is 2.88. The largest absolute Gasteiger partial charge is 0.384 e. The number of aryl methyl sites for hydroxylation is 1. The molecule has 1 atom stereocenters. The third-order valence-corrected chi connectivity index (χ3v) is 4.95. The maximum Gasteiger partial charge on any atom is 0.104 e. The van der Waals surface area contributed by atoms with Gasteiger partial charge in [0, 0.05) is 3.57 Å². The van der Waals surface area contributed by atoms with Crippen LogP contribution in [-0.4, -0.2) is 5.11 Å². The van der Waals surface area contributed by atoms with Crippen molar-refractivity contribution in [1.82, 2.24) is 0 Å². The summed E-state index contributed by atoms with van der Waals surface area (Å²) in [6, 6.07) is 13.9. The van der Waals surface area contributed by atoms with Crippen LogP contribution in [0.5, 0.6) is 0 Å². The molecule has 0 radical (unpaired) electrons. The van der Waals surface area contributed by atoms with Crippen molar-refractivity contribution in [1.29, 1.82) is 0 Å². The first-order chi connectivity index (χ1) is 9.61. The van der Waals surface area contributed by atoms with E-state index >= 15 is 0 Å². The number of hydrogen-bond acceptors (Lipinski definition) is 1. The summed E-state index contributed by atoms with van der Waals surface area (Å²) in [5.74, 6) is 0. The van der Waals surface area contributed by atoms with E-state index in [4.69, 9.17) is 11.6 Å². The summed E-state index contributed by atoms with van der Waals surface area (Å²) in [5.41, 5.74) is 3.06. The van der Waals surface area contributed by atoms with Crippen LogP contribution in [0.4, 0.5) is 0 Å². The highest BCUT2D eigenvalue weighted by Crippen LogP contribution is 2.27. The molecular formula is C17H18ClIO. The fraction of sp³-hybridized carbons (Fsp3) is 0.294. The van der Waals surface area contributed by atoms with Crippen LogP contribution in [0.15, 0.2) is 42.5 Å². The quantitative estimate of drug-likeness (QED) is 0.669. The van der Waals surface area contributed by atoms with Gasteiger partial charge in [-0.1, -0.05) is 55.3 Å². The van der Waals surface area contributed by atoms with E-state index in [-0.39, 0.29) is 0 Å². The minimum absolute atomic E-state index is 0.621. The van der Waals surface area contributed by atoms with Crippen LogP contribution in [0.2, 0.25) is 5.02 Å². The Bertz CT molecular complexity index is 566. The molecule has 2 aromatic rings. The predicted octanol–water partition coefficient (Wildman–Crippen LogP) is 5.37. The molecular weight excluding hydrogens is 383 g/mol. The van der Waals surface area contributed by atoms with Crippen molar-refractivity contribution < 1.29 is 5.11 Å². The first kappa shape index (κ1) is 15.8. The topological polar surface area (TPSA) is 20.2 Å². The Kier molecular flexibility index (Phi) is 5.87. The SMILES string of the molecule is CCCCc1ccc(C(O)c2ccc(I)c(Cl)c2)cc1. The number of unbranched alkanes of at least 4 members (excludes halogenated alkanes) is 1. The highest BCUT2D eigenvalue weighted by Gasteiger charge is 2.11. The standard InChI is InChI=1S/C17H18ClIO/c1-2-3-4-12-5-7-13(8-6-12)17(20)14-9-10-16(19)15(18)11-14/h5-11,17,20H,2-4H2,1H3. The van der Waals surface area contributed by atoms with E-state index in [1.807, 2.05) is 30.3 Å². The minimum Gasteiger partial charge on any atom is -0.384 e. The molecule has 0 saturated carbocycles. The van der Waals surface area contributed by atoms with Crippen LogP contribution < -0.4 is 0 Å². The average Bonchev–Trinajstić information content (AvgIpc) is 2.48. The zero-order valence-electron chi connectivity index (χ0n) is 11.4. The predicted molar refractivity (Wildman–Crippen MR) is 93.3 cm³/mol. The van der Waals surface area contributed by atoms with Gasteiger partial charge in [0.25, 0.3) is 0 Å². The number of benzene rings is 2. The van der Waals surface area contributed by atoms with Crippen molar-refractivity contribution in [2.75, 3.05) is 0 Å². The van der Waals surface area contributed by atoms with E-state index in [1.165, 1.54) is 18.4 Å². The fourth-order valence-corrected chi connectivity index (χ4v) is 2.65. The number of hydrogen-bond donors (Lipinski definition) is 1. The second-order valence-electron chi connectivity index (χ2n) is 4.92. The van der Waals surface area contributed by atoms with Gasteiger partial charge >= 0.3 is 0 Å². The molecule has 0 aliphatic rings. The van der Waals surface area contributed by atoms with Crippen molar-refractivity contribution in [2.24, 2.45) is 0 Å². The lowest BCUT2D eigenvalue weighted by Crippen LogP contribution is -2.00. The van der Waals surface area contributed by atoms with Crippen LogP contribution in [0.3, 0.4) is 0 Å². The summed E-state index contributed by atoms with van der Waals surface area (Å²) in [5, 5.41) is 11.1. The van der Waals surface area contributed by atoms with Crippen LogP contribution >= 0.6 is 34.2 Å². The maximum atomic E-state index is 10.4. The summed E-state index contributed by atoms with van der Waals surface area (Å²) in [6.45, 7) is 2.19. The van der Waals surface area contributed by atoms with Gasteiger partial charge in [0.15, 0.2) is 0 Å². The molecule has 0 amide bonds. The molecule has 0 saturated heterocycles. The second kappa shape index (κ2) is 7.43. The van der Waals surface area contributed by atoms with Gasteiger partial charge in [-0.3, -0.25) is 0 Å². The van der Waals surface area contributed by atoms with Crippen LogP contribution in [-0.2, 0) is 6.42 Å². The van der Waals surface area contributed by atoms with E-state index in [1.54, 1.807) is 0 Å². The zero-order chi connectivity index (χ0) is 14.5. The molecule has 0 spiro atoms. The molecule has 3 heteroatoms. The number of halogens is 2. The molecule has 0 heterocycles. The summed E-state index contributed by atoms with van der Waals surface area (Å²) in [4.78, 5) is 0. The Morgan fingerprint density at radius 2 is 1.75 bits per heavy atom. The van der Waals surface area contributed by atoms with Crippen LogP contribution in [0.25, 0.3) is 0 Å². The van der Waals surface area contributed by atoms with Gasteiger partial charge in [-0.05, 0) is 64.3 Å². The van der Waals surface area contributed by atoms with Crippen molar-refractivity contribution in [3.63, 3.8) is 0 Å². The molecule has 0 bridgehead atoms. The first-order valence-electron chi connectivity index (χ1n) is 6.83. The highest BCUT2D eigenvalue weighted by atomic mass is 127. The normalized spacial score (nSPS) is 12.4. The Labute approximate surface area is 139 Å². The molecule has 20 heavy (non-hydrogen) atoms. The molecule has 1 N–H and O–H groups in total. The highest BCUT2D eigenvalue weighted by molar-refractivity contribution is 14.1. The molecule has 1 unspecified atom stereocenters. The van der Waals surface area contributed by atoms with Gasteiger partial charge in [-0.25, -0.2) is 0 Å². The van der Waals surface area contributed by atoms with Crippen LogP contribution in [0.1, 0.15) is 42.6 Å². The lowest BCUT2D eigenvalue weighted by molar-refractivity contribution is 0.220. The molecule has 0 aliphatic carbocycles. The third-order valence-electron chi connectivity index (χ3n) is 3.37. The third kappa shape index (κ3) is 3.96. The Balaban J connectivity index is 2.15. The number of aliphatic hydroxyl groups excluding tert-OH is 1. The van der Waals surface area contributed by atoms with Gasteiger partial charge < -0.3 is 5.11 Å². The molecule has 0 aromatic heterocycles. The van der Waals surface area contributed by atoms with Gasteiger partial charge in [-0.15, -0.1) is 0 Å². The van der Waals surface area contributed by atoms with Crippen molar-refractivity contribution in [3.05, 3.63) is 67.7 Å². The van der Waals surface area contributed by atoms with Gasteiger partial charge in [0.1, 0.15) is 6.10 Å². The smallest absolute Gasteiger partial charge is 0.104 e. The van der Waals surface area contributed by atoms with Gasteiger partial charge in [0.2, 0.25) is 0 Å². The first-order valence-corrected chi connectivity index (χ1v) is 8.29. The Morgan fingerprint density at radius 3 is 2.35 bits per heavy atom. The Hall–Kier alpha value is -0.580. The second-order valence-corrected chi connectivity index (χ2v) is 6.49. The van der Waals surface area contributed by atoms with Crippen molar-refractivity contribution >= 4 is 34.2 Å². The molecule has 1 nitrogen and oxygen atoms in total. The molecule has 0 fully saturated rings. The van der Waals surface area contributed by atoms with Crippen LogP contribution in [0, 0.1) is 3.57 Å². The molecule has 106 valence electrons. The van der Waals surface area contributed by atoms with Crippen molar-refractivity contribution in [3.8, 4) is 0 Å². The lowest BCUT2D eigenvalue weighted by atomic mass is 9.99. The van der Waals surface area contributed by atoms with E-state index in [0.29, 0.717) is 5.02 Å². The number of rotatable bonds is 5. The van der Waals surface area contributed by atoms with Gasteiger partial charge in [-0.2, -0.15) is 0 Å². The van der Waals surface area contributed by atoms with Gasteiger partial charge in [0.05, 0.1) is 5.02 Å². The zero-order valence-corrected chi connectivity index (χ0v) is 14.4. The Morgan fingerprint density at radius 1 is 1.10 bits per heavy atom. The summed E-state index contributed by atoms with van der Waals surface area (Å²) < 4.78 is 0.995. The molecule has 2 rings (SSSR count). The van der Waals surface area contributed by atoms with E-state index in [9.17, 15) is 5.11 Å². The fourth-order valence-electron chi connectivity index (χ4n) is 2.12. The maximum absolute atomic E-state index is 10.4. The van der Waals surface area contributed by atoms with E-state index in [0.717, 1.165) is 21.1 Å². The lowest BCUT2D eigenvalue weighted by Gasteiger charge is -2.13. The van der Waals surface area contributed by atoms with E-state index < -0.39 is 6.10 Å². The van der Waals surface area contributed by atoms with E-state index in [2.05, 4.69) is 41.6 Å². The average molecular weight is 401 g/mol. The molecule has 0 aliphatic heterocycles. The minimum atomic E-state index is -0.621. The van der Waals surface area contributed by atoms with Crippen molar-refractivity contribution in [2.45, 2.75) is 32.3 Å². The summed E-state index contributed by atoms with van der Waals surface area (Å²) in [7, 11) is 0. The molecule has 2 aromatic carbocycles. The summed E-state index contributed by atoms with van der Waals surface area (Å²) >= 11 is 8.29.